The zero-order valence-corrected chi connectivity index (χ0v) is 13.4. The first-order valence-electron chi connectivity index (χ1n) is 7.07. The molecule has 0 spiro atoms. The van der Waals surface area contributed by atoms with E-state index in [2.05, 4.69) is 9.73 Å². The van der Waals surface area contributed by atoms with Gasteiger partial charge in [-0.25, -0.2) is 4.79 Å². The summed E-state index contributed by atoms with van der Waals surface area (Å²) in [4.78, 5) is 15.7. The van der Waals surface area contributed by atoms with Gasteiger partial charge in [-0.3, -0.25) is 4.99 Å². The van der Waals surface area contributed by atoms with E-state index in [0.717, 1.165) is 22.6 Å². The van der Waals surface area contributed by atoms with Crippen molar-refractivity contribution in [1.29, 1.82) is 0 Å². The van der Waals surface area contributed by atoms with E-state index in [9.17, 15) is 4.79 Å². The fourth-order valence-corrected chi connectivity index (χ4v) is 2.13. The summed E-state index contributed by atoms with van der Waals surface area (Å²) in [7, 11) is 4.56. The molecular weight excluding hydrogens is 294 g/mol. The zero-order chi connectivity index (χ0) is 16.7. The molecule has 0 unspecified atom stereocenters. The molecule has 0 fully saturated rings. The van der Waals surface area contributed by atoms with Gasteiger partial charge < -0.3 is 14.2 Å². The van der Waals surface area contributed by atoms with Crippen LogP contribution in [0, 0.1) is 0 Å². The lowest BCUT2D eigenvalue weighted by Gasteiger charge is -2.14. The average Bonchev–Trinajstić information content (AvgIpc) is 2.62. The molecule has 0 amide bonds. The van der Waals surface area contributed by atoms with Crippen LogP contribution in [0.1, 0.15) is 17.2 Å². The van der Waals surface area contributed by atoms with Crippen molar-refractivity contribution in [1.82, 2.24) is 0 Å². The Morgan fingerprint density at radius 3 is 1.65 bits per heavy atom. The Morgan fingerprint density at radius 2 is 1.30 bits per heavy atom. The van der Waals surface area contributed by atoms with Gasteiger partial charge in [0.15, 0.2) is 0 Å². The predicted octanol–water partition coefficient (Wildman–Crippen LogP) is 3.04. The van der Waals surface area contributed by atoms with Crippen LogP contribution in [-0.4, -0.2) is 33.5 Å². The van der Waals surface area contributed by atoms with Gasteiger partial charge in [0.25, 0.3) is 0 Å². The third kappa shape index (κ3) is 4.32. The Morgan fingerprint density at radius 1 is 0.870 bits per heavy atom. The topological polar surface area (TPSA) is 57.1 Å². The summed E-state index contributed by atoms with van der Waals surface area (Å²) in [5.74, 6) is 1.04. The number of carbonyl (C=O) groups excluding carboxylic acids is 1. The van der Waals surface area contributed by atoms with E-state index in [0.29, 0.717) is 0 Å². The molecule has 0 aliphatic carbocycles. The second kappa shape index (κ2) is 7.98. The van der Waals surface area contributed by atoms with E-state index >= 15 is 0 Å². The second-order valence-corrected chi connectivity index (χ2v) is 4.75. The number of ether oxygens (including phenoxy) is 3. The lowest BCUT2D eigenvalue weighted by Crippen LogP contribution is -2.05. The second-order valence-electron chi connectivity index (χ2n) is 4.75. The maximum absolute atomic E-state index is 11.4. The molecule has 120 valence electrons. The van der Waals surface area contributed by atoms with Gasteiger partial charge in [0.1, 0.15) is 23.8 Å². The Bertz CT molecular complexity index is 615. The molecule has 0 radical (unpaired) electrons. The van der Waals surface area contributed by atoms with Crippen LogP contribution in [0.25, 0.3) is 0 Å². The molecule has 0 bridgehead atoms. The van der Waals surface area contributed by atoms with Crippen LogP contribution in [0.15, 0.2) is 53.5 Å². The van der Waals surface area contributed by atoms with Gasteiger partial charge in [-0.2, -0.15) is 0 Å². The van der Waals surface area contributed by atoms with Crippen molar-refractivity contribution in [2.24, 2.45) is 4.99 Å². The van der Waals surface area contributed by atoms with Crippen molar-refractivity contribution >= 4 is 12.2 Å². The standard InChI is InChI=1S/C18H19NO4/c1-21-15-8-4-13(5-9-15)18(19-12-17(20)23-3)14-6-10-16(22-2)11-7-14/h4-12,18H,1-3H3. The van der Waals surface area contributed by atoms with Crippen LogP contribution < -0.4 is 9.47 Å². The highest BCUT2D eigenvalue weighted by molar-refractivity contribution is 6.23. The highest BCUT2D eigenvalue weighted by Crippen LogP contribution is 2.28. The van der Waals surface area contributed by atoms with Crippen LogP contribution in [0.5, 0.6) is 11.5 Å². The number of hydrogen-bond donors (Lipinski definition) is 0. The summed E-state index contributed by atoms with van der Waals surface area (Å²) in [6, 6.07) is 14.8. The molecule has 0 heterocycles. The summed E-state index contributed by atoms with van der Waals surface area (Å²) >= 11 is 0. The summed E-state index contributed by atoms with van der Waals surface area (Å²) < 4.78 is 15.0. The molecule has 0 atom stereocenters. The highest BCUT2D eigenvalue weighted by Gasteiger charge is 2.13. The fraction of sp³-hybridized carbons (Fsp3) is 0.222. The number of esters is 1. The van der Waals surface area contributed by atoms with Crippen LogP contribution in [0.4, 0.5) is 0 Å². The SMILES string of the molecule is COC(=O)C=NC(c1ccc(OC)cc1)c1ccc(OC)cc1. The number of benzene rings is 2. The number of nitrogens with zero attached hydrogens (tertiary/aromatic N) is 1. The maximum Gasteiger partial charge on any atom is 0.348 e. The number of hydrogen-bond acceptors (Lipinski definition) is 5. The van der Waals surface area contributed by atoms with Gasteiger partial charge in [-0.1, -0.05) is 24.3 Å². The molecule has 0 aliphatic rings. The number of carbonyl (C=O) groups is 1. The molecular formula is C18H19NO4. The smallest absolute Gasteiger partial charge is 0.348 e. The number of rotatable bonds is 6. The molecule has 5 nitrogen and oxygen atoms in total. The van der Waals surface area contributed by atoms with Gasteiger partial charge >= 0.3 is 5.97 Å². The van der Waals surface area contributed by atoms with Crippen molar-refractivity contribution in [2.75, 3.05) is 21.3 Å². The lowest BCUT2D eigenvalue weighted by molar-refractivity contribution is -0.132. The maximum atomic E-state index is 11.4. The first kappa shape index (κ1) is 16.5. The molecule has 5 heteroatoms. The van der Waals surface area contributed by atoms with E-state index < -0.39 is 5.97 Å². The van der Waals surface area contributed by atoms with Crippen LogP contribution in [-0.2, 0) is 9.53 Å². The van der Waals surface area contributed by atoms with E-state index in [-0.39, 0.29) is 6.04 Å². The van der Waals surface area contributed by atoms with E-state index in [1.165, 1.54) is 13.3 Å². The van der Waals surface area contributed by atoms with Gasteiger partial charge in [0.2, 0.25) is 0 Å². The van der Waals surface area contributed by atoms with Gasteiger partial charge in [-0.15, -0.1) is 0 Å². The summed E-state index contributed by atoms with van der Waals surface area (Å²) in [6.45, 7) is 0. The average molecular weight is 313 g/mol. The van der Waals surface area contributed by atoms with Gasteiger partial charge in [-0.05, 0) is 35.4 Å². The normalized spacial score (nSPS) is 10.8. The molecule has 0 aromatic heterocycles. The molecule has 23 heavy (non-hydrogen) atoms. The minimum atomic E-state index is -0.489. The molecule has 2 aromatic carbocycles. The monoisotopic (exact) mass is 313 g/mol. The minimum absolute atomic E-state index is 0.314. The van der Waals surface area contributed by atoms with E-state index in [4.69, 9.17) is 9.47 Å². The van der Waals surface area contributed by atoms with E-state index in [1.54, 1.807) is 14.2 Å². The highest BCUT2D eigenvalue weighted by atomic mass is 16.5. The summed E-state index contributed by atoms with van der Waals surface area (Å²) in [5, 5.41) is 0. The Hall–Kier alpha value is -2.82. The van der Waals surface area contributed by atoms with E-state index in [1.807, 2.05) is 48.5 Å². The lowest BCUT2D eigenvalue weighted by atomic mass is 9.99. The van der Waals surface area contributed by atoms with Crippen LogP contribution >= 0.6 is 0 Å². The molecule has 0 N–H and O–H groups in total. The van der Waals surface area contributed by atoms with Crippen LogP contribution in [0.2, 0.25) is 0 Å². The predicted molar refractivity (Wildman–Crippen MR) is 88.3 cm³/mol. The molecule has 2 aromatic rings. The summed E-state index contributed by atoms with van der Waals surface area (Å²) in [5.41, 5.74) is 1.88. The quantitative estimate of drug-likeness (QED) is 0.607. The summed E-state index contributed by atoms with van der Waals surface area (Å²) in [6.07, 6.45) is 1.19. The minimum Gasteiger partial charge on any atom is -0.497 e. The van der Waals surface area contributed by atoms with Crippen molar-refractivity contribution < 1.29 is 19.0 Å². The molecule has 0 aliphatic heterocycles. The number of methoxy groups -OCH3 is 3. The van der Waals surface area contributed by atoms with Gasteiger partial charge in [0.05, 0.1) is 21.3 Å². The third-order valence-corrected chi connectivity index (χ3v) is 3.39. The number of aliphatic imine (C=N–C) groups is 1. The molecule has 2 rings (SSSR count). The molecule has 0 saturated carbocycles. The van der Waals surface area contributed by atoms with Gasteiger partial charge in [0, 0.05) is 0 Å². The first-order chi connectivity index (χ1) is 11.2. The van der Waals surface area contributed by atoms with Crippen molar-refractivity contribution in [3.63, 3.8) is 0 Å². The Kier molecular flexibility index (Phi) is 5.74. The largest absolute Gasteiger partial charge is 0.497 e. The molecule has 0 saturated heterocycles. The van der Waals surface area contributed by atoms with Crippen molar-refractivity contribution in [2.45, 2.75) is 6.04 Å². The third-order valence-electron chi connectivity index (χ3n) is 3.39. The Balaban J connectivity index is 2.36. The van der Waals surface area contributed by atoms with Crippen molar-refractivity contribution in [3.05, 3.63) is 59.7 Å². The Labute approximate surface area is 135 Å². The fourth-order valence-electron chi connectivity index (χ4n) is 2.13. The zero-order valence-electron chi connectivity index (χ0n) is 13.4. The first-order valence-corrected chi connectivity index (χ1v) is 7.07. The van der Waals surface area contributed by atoms with Crippen LogP contribution in [0.3, 0.4) is 0 Å². The van der Waals surface area contributed by atoms with Crippen molar-refractivity contribution in [3.8, 4) is 11.5 Å².